The van der Waals surface area contributed by atoms with Crippen molar-refractivity contribution in [3.8, 4) is 0 Å². The minimum atomic E-state index is -0.772. The van der Waals surface area contributed by atoms with Crippen molar-refractivity contribution in [2.45, 2.75) is 83.3 Å². The summed E-state index contributed by atoms with van der Waals surface area (Å²) in [6.45, 7) is 2.14. The van der Waals surface area contributed by atoms with Gasteiger partial charge in [0.25, 0.3) is 0 Å². The van der Waals surface area contributed by atoms with E-state index in [2.05, 4.69) is 6.92 Å². The van der Waals surface area contributed by atoms with Gasteiger partial charge in [-0.25, -0.2) is 0 Å². The Morgan fingerprint density at radius 3 is 1.83 bits per heavy atom. The zero-order chi connectivity index (χ0) is 13.8. The monoisotopic (exact) mass is 260 g/mol. The third kappa shape index (κ3) is 10.5. The predicted octanol–water partition coefficient (Wildman–Crippen LogP) is 2.71. The average Bonchev–Trinajstić information content (AvgIpc) is 2.33. The Balaban J connectivity index is 3.43. The number of carboxylic acids is 1. The average molecular weight is 260 g/mol. The highest BCUT2D eigenvalue weighted by atomic mass is 16.4. The summed E-state index contributed by atoms with van der Waals surface area (Å²) in [5, 5.41) is 27.9. The van der Waals surface area contributed by atoms with Crippen LogP contribution in [0.2, 0.25) is 0 Å². The summed E-state index contributed by atoms with van der Waals surface area (Å²) in [6.07, 6.45) is 6.78. The van der Waals surface area contributed by atoms with Crippen LogP contribution in [0.15, 0.2) is 0 Å². The maximum atomic E-state index is 10.3. The molecular formula is C14H28O4. The number of carbonyl (C=O) groups is 1. The number of unbranched alkanes of at least 4 members (excludes halogenated alkanes) is 5. The van der Waals surface area contributed by atoms with Crippen LogP contribution in [-0.2, 0) is 4.79 Å². The van der Waals surface area contributed by atoms with E-state index in [4.69, 9.17) is 5.11 Å². The fourth-order valence-electron chi connectivity index (χ4n) is 1.97. The molecule has 0 spiro atoms. The normalized spacial score (nSPS) is 14.4. The van der Waals surface area contributed by atoms with E-state index in [0.717, 1.165) is 25.7 Å². The molecule has 108 valence electrons. The molecule has 18 heavy (non-hydrogen) atoms. The summed E-state index contributed by atoms with van der Waals surface area (Å²) in [6, 6.07) is 0. The quantitative estimate of drug-likeness (QED) is 0.471. The molecule has 0 saturated heterocycles. The molecular weight excluding hydrogens is 232 g/mol. The van der Waals surface area contributed by atoms with Gasteiger partial charge in [-0.15, -0.1) is 0 Å². The van der Waals surface area contributed by atoms with Gasteiger partial charge in [-0.2, -0.15) is 0 Å². The minimum absolute atomic E-state index is 0.190. The van der Waals surface area contributed by atoms with Gasteiger partial charge in [0.2, 0.25) is 0 Å². The Bertz CT molecular complexity index is 206. The van der Waals surface area contributed by atoms with Gasteiger partial charge in [0.05, 0.1) is 12.2 Å². The van der Waals surface area contributed by atoms with Crippen molar-refractivity contribution in [1.82, 2.24) is 0 Å². The summed E-state index contributed by atoms with van der Waals surface area (Å²) in [7, 11) is 0. The zero-order valence-electron chi connectivity index (χ0n) is 11.5. The van der Waals surface area contributed by atoms with Crippen LogP contribution in [-0.4, -0.2) is 33.5 Å². The molecule has 0 bridgehead atoms. The zero-order valence-corrected chi connectivity index (χ0v) is 11.5. The van der Waals surface area contributed by atoms with Crippen molar-refractivity contribution in [3.05, 3.63) is 0 Å². The van der Waals surface area contributed by atoms with Gasteiger partial charge >= 0.3 is 5.97 Å². The van der Waals surface area contributed by atoms with Crippen LogP contribution < -0.4 is 0 Å². The molecule has 2 atom stereocenters. The van der Waals surface area contributed by atoms with Gasteiger partial charge < -0.3 is 15.3 Å². The third-order valence-electron chi connectivity index (χ3n) is 3.19. The van der Waals surface area contributed by atoms with E-state index in [9.17, 15) is 15.0 Å². The standard InChI is InChI=1S/C14H28O4/c1-2-3-4-6-9-12(15)13(16)10-7-5-8-11-14(17)18/h12-13,15-16H,2-11H2,1H3,(H,17,18). The van der Waals surface area contributed by atoms with Crippen LogP contribution in [0.1, 0.15) is 71.1 Å². The highest BCUT2D eigenvalue weighted by Gasteiger charge is 2.15. The van der Waals surface area contributed by atoms with E-state index in [1.54, 1.807) is 0 Å². The van der Waals surface area contributed by atoms with Crippen LogP contribution in [0.4, 0.5) is 0 Å². The molecule has 2 unspecified atom stereocenters. The van der Waals surface area contributed by atoms with Crippen LogP contribution >= 0.6 is 0 Å². The molecule has 0 rings (SSSR count). The SMILES string of the molecule is CCCCCCC(O)C(O)CCCCCC(=O)O. The van der Waals surface area contributed by atoms with E-state index in [-0.39, 0.29) is 6.42 Å². The summed E-state index contributed by atoms with van der Waals surface area (Å²) >= 11 is 0. The van der Waals surface area contributed by atoms with E-state index >= 15 is 0 Å². The lowest BCUT2D eigenvalue weighted by Gasteiger charge is -2.17. The fraction of sp³-hybridized carbons (Fsp3) is 0.929. The second-order valence-corrected chi connectivity index (χ2v) is 4.98. The summed E-state index contributed by atoms with van der Waals surface area (Å²) in [5.74, 6) is -0.772. The number of hydrogen-bond acceptors (Lipinski definition) is 3. The molecule has 0 aromatic carbocycles. The number of aliphatic carboxylic acids is 1. The van der Waals surface area contributed by atoms with E-state index < -0.39 is 18.2 Å². The minimum Gasteiger partial charge on any atom is -0.481 e. The lowest BCUT2D eigenvalue weighted by atomic mass is 10.0. The molecule has 0 aliphatic heterocycles. The molecule has 0 aliphatic carbocycles. The first-order valence-electron chi connectivity index (χ1n) is 7.15. The topological polar surface area (TPSA) is 77.8 Å². The molecule has 0 aromatic rings. The van der Waals surface area contributed by atoms with Gasteiger partial charge in [-0.05, 0) is 19.3 Å². The number of hydrogen-bond donors (Lipinski definition) is 3. The summed E-state index contributed by atoms with van der Waals surface area (Å²) in [5.41, 5.74) is 0. The number of aliphatic hydroxyl groups is 2. The smallest absolute Gasteiger partial charge is 0.303 e. The molecule has 3 N–H and O–H groups in total. The van der Waals surface area contributed by atoms with Gasteiger partial charge in [0.1, 0.15) is 0 Å². The highest BCUT2D eigenvalue weighted by Crippen LogP contribution is 2.13. The lowest BCUT2D eigenvalue weighted by molar-refractivity contribution is -0.137. The lowest BCUT2D eigenvalue weighted by Crippen LogP contribution is -2.25. The maximum absolute atomic E-state index is 10.3. The largest absolute Gasteiger partial charge is 0.481 e. The molecule has 4 nitrogen and oxygen atoms in total. The van der Waals surface area contributed by atoms with Crippen molar-refractivity contribution in [3.63, 3.8) is 0 Å². The van der Waals surface area contributed by atoms with E-state index in [1.807, 2.05) is 0 Å². The molecule has 0 heterocycles. The Morgan fingerprint density at radius 2 is 1.39 bits per heavy atom. The van der Waals surface area contributed by atoms with Gasteiger partial charge in [-0.3, -0.25) is 4.79 Å². The Hall–Kier alpha value is -0.610. The molecule has 0 radical (unpaired) electrons. The Morgan fingerprint density at radius 1 is 0.889 bits per heavy atom. The highest BCUT2D eigenvalue weighted by molar-refractivity contribution is 5.66. The third-order valence-corrected chi connectivity index (χ3v) is 3.19. The predicted molar refractivity (Wildman–Crippen MR) is 71.5 cm³/mol. The molecule has 0 aliphatic rings. The Labute approximate surface area is 110 Å². The summed E-state index contributed by atoms with van der Waals surface area (Å²) < 4.78 is 0. The van der Waals surface area contributed by atoms with E-state index in [1.165, 1.54) is 12.8 Å². The van der Waals surface area contributed by atoms with Crippen LogP contribution in [0.3, 0.4) is 0 Å². The van der Waals surface area contributed by atoms with Crippen molar-refractivity contribution >= 4 is 5.97 Å². The van der Waals surface area contributed by atoms with Gasteiger partial charge in [0.15, 0.2) is 0 Å². The van der Waals surface area contributed by atoms with Crippen molar-refractivity contribution in [1.29, 1.82) is 0 Å². The molecule has 0 aromatic heterocycles. The maximum Gasteiger partial charge on any atom is 0.303 e. The van der Waals surface area contributed by atoms with Crippen LogP contribution in [0.5, 0.6) is 0 Å². The number of aliphatic hydroxyl groups excluding tert-OH is 2. The molecule has 4 heteroatoms. The van der Waals surface area contributed by atoms with E-state index in [0.29, 0.717) is 19.3 Å². The molecule has 0 amide bonds. The molecule has 0 fully saturated rings. The second kappa shape index (κ2) is 11.5. The van der Waals surface area contributed by atoms with Crippen molar-refractivity contribution < 1.29 is 20.1 Å². The second-order valence-electron chi connectivity index (χ2n) is 4.98. The van der Waals surface area contributed by atoms with Gasteiger partial charge in [-0.1, -0.05) is 45.4 Å². The molecule has 0 saturated carbocycles. The van der Waals surface area contributed by atoms with Crippen LogP contribution in [0.25, 0.3) is 0 Å². The van der Waals surface area contributed by atoms with Crippen LogP contribution in [0, 0.1) is 0 Å². The first-order chi connectivity index (χ1) is 8.57. The van der Waals surface area contributed by atoms with Crippen molar-refractivity contribution in [2.24, 2.45) is 0 Å². The number of rotatable bonds is 12. The first kappa shape index (κ1) is 17.4. The Kier molecular flexibility index (Phi) is 11.1. The van der Waals surface area contributed by atoms with Crippen molar-refractivity contribution in [2.75, 3.05) is 0 Å². The van der Waals surface area contributed by atoms with Gasteiger partial charge in [0, 0.05) is 6.42 Å². The fourth-order valence-corrected chi connectivity index (χ4v) is 1.97. The summed E-state index contributed by atoms with van der Waals surface area (Å²) in [4.78, 5) is 10.3. The first-order valence-corrected chi connectivity index (χ1v) is 7.15. The number of carboxylic acid groups (broad SMARTS) is 1.